The maximum absolute atomic E-state index is 6.32. The third kappa shape index (κ3) is 4.14. The molecule has 1 heterocycles. The van der Waals surface area contributed by atoms with Gasteiger partial charge in [0.1, 0.15) is 0 Å². The van der Waals surface area contributed by atoms with Crippen LogP contribution >= 0.6 is 11.6 Å². The number of halogens is 1. The SMILES string of the molecule is Cc1nccc(N[C@H]2CC[C@@H](OC3CCCCC3)CC2)c1Cl. The van der Waals surface area contributed by atoms with E-state index in [1.807, 2.05) is 19.2 Å². The number of aromatic nitrogens is 1. The number of ether oxygens (including phenoxy) is 1. The van der Waals surface area contributed by atoms with E-state index in [9.17, 15) is 0 Å². The summed E-state index contributed by atoms with van der Waals surface area (Å²) in [5, 5.41) is 4.34. The maximum atomic E-state index is 6.32. The van der Waals surface area contributed by atoms with Gasteiger partial charge in [-0.05, 0) is 51.5 Å². The van der Waals surface area contributed by atoms with Crippen molar-refractivity contribution in [2.24, 2.45) is 0 Å². The number of nitrogens with one attached hydrogen (secondary N) is 1. The second-order valence-corrected chi connectivity index (χ2v) is 7.15. The monoisotopic (exact) mass is 322 g/mol. The first-order chi connectivity index (χ1) is 10.7. The number of nitrogens with zero attached hydrogens (tertiary/aromatic N) is 1. The number of rotatable bonds is 4. The smallest absolute Gasteiger partial charge is 0.0849 e. The van der Waals surface area contributed by atoms with E-state index in [0.717, 1.165) is 42.1 Å². The van der Waals surface area contributed by atoms with Crippen LogP contribution in [0.4, 0.5) is 5.69 Å². The lowest BCUT2D eigenvalue weighted by Crippen LogP contribution is -2.32. The number of aryl methyl sites for hydroxylation is 1. The molecular formula is C18H27ClN2O. The summed E-state index contributed by atoms with van der Waals surface area (Å²) in [6.07, 6.45) is 14.1. The van der Waals surface area contributed by atoms with Crippen LogP contribution in [0, 0.1) is 6.92 Å². The third-order valence-corrected chi connectivity index (χ3v) is 5.51. The Kier molecular flexibility index (Phi) is 5.59. The first kappa shape index (κ1) is 16.1. The van der Waals surface area contributed by atoms with Crippen LogP contribution in [0.1, 0.15) is 63.5 Å². The molecule has 3 rings (SSSR count). The molecule has 2 fully saturated rings. The fraction of sp³-hybridized carbons (Fsp3) is 0.722. The van der Waals surface area contributed by atoms with Crippen molar-refractivity contribution < 1.29 is 4.74 Å². The lowest BCUT2D eigenvalue weighted by atomic mass is 9.91. The van der Waals surface area contributed by atoms with Gasteiger partial charge in [0, 0.05) is 12.2 Å². The zero-order valence-corrected chi connectivity index (χ0v) is 14.2. The molecule has 0 amide bonds. The molecule has 0 unspecified atom stereocenters. The summed E-state index contributed by atoms with van der Waals surface area (Å²) in [7, 11) is 0. The molecule has 122 valence electrons. The highest BCUT2D eigenvalue weighted by molar-refractivity contribution is 6.33. The van der Waals surface area contributed by atoms with Gasteiger partial charge in [0.2, 0.25) is 0 Å². The van der Waals surface area contributed by atoms with Crippen LogP contribution in [0.2, 0.25) is 5.02 Å². The molecular weight excluding hydrogens is 296 g/mol. The molecule has 1 aromatic heterocycles. The Bertz CT molecular complexity index is 480. The second-order valence-electron chi connectivity index (χ2n) is 6.77. The average molecular weight is 323 g/mol. The summed E-state index contributed by atoms with van der Waals surface area (Å²) in [5.41, 5.74) is 1.91. The Labute approximate surface area is 138 Å². The van der Waals surface area contributed by atoms with Crippen molar-refractivity contribution in [2.75, 3.05) is 5.32 Å². The molecule has 2 aliphatic carbocycles. The van der Waals surface area contributed by atoms with Gasteiger partial charge in [0.15, 0.2) is 0 Å². The molecule has 0 bridgehead atoms. The standard InChI is InChI=1S/C18H27ClN2O/c1-13-18(19)17(11-12-20-13)21-14-7-9-16(10-8-14)22-15-5-3-2-4-6-15/h11-12,14-16H,2-10H2,1H3,(H,20,21)/t14-,16+. The van der Waals surface area contributed by atoms with Gasteiger partial charge >= 0.3 is 0 Å². The number of hydrogen-bond acceptors (Lipinski definition) is 3. The minimum absolute atomic E-state index is 0.468. The Balaban J connectivity index is 1.46. The van der Waals surface area contributed by atoms with Crippen molar-refractivity contribution in [1.29, 1.82) is 0 Å². The predicted octanol–water partition coefficient (Wildman–Crippen LogP) is 5.12. The quantitative estimate of drug-likeness (QED) is 0.835. The van der Waals surface area contributed by atoms with Crippen LogP contribution in [0.5, 0.6) is 0 Å². The average Bonchev–Trinajstić information content (AvgIpc) is 2.55. The molecule has 2 aliphatic rings. The molecule has 0 atom stereocenters. The lowest BCUT2D eigenvalue weighted by Gasteiger charge is -2.33. The molecule has 4 heteroatoms. The van der Waals surface area contributed by atoms with E-state index in [0.29, 0.717) is 18.2 Å². The molecule has 0 spiro atoms. The number of pyridine rings is 1. The molecule has 0 saturated heterocycles. The Hall–Kier alpha value is -0.800. The minimum Gasteiger partial charge on any atom is -0.381 e. The summed E-state index contributed by atoms with van der Waals surface area (Å²) in [6.45, 7) is 1.95. The van der Waals surface area contributed by atoms with E-state index in [2.05, 4.69) is 10.3 Å². The van der Waals surface area contributed by atoms with Crippen molar-refractivity contribution in [3.8, 4) is 0 Å². The summed E-state index contributed by atoms with van der Waals surface area (Å²) >= 11 is 6.32. The Morgan fingerprint density at radius 3 is 2.45 bits per heavy atom. The first-order valence-corrected chi connectivity index (χ1v) is 9.13. The second kappa shape index (κ2) is 7.65. The summed E-state index contributed by atoms with van der Waals surface area (Å²) < 4.78 is 6.31. The van der Waals surface area contributed by atoms with E-state index < -0.39 is 0 Å². The highest BCUT2D eigenvalue weighted by Crippen LogP contribution is 2.30. The molecule has 0 aromatic carbocycles. The highest BCUT2D eigenvalue weighted by Gasteiger charge is 2.25. The van der Waals surface area contributed by atoms with E-state index in [1.165, 1.54) is 32.1 Å². The molecule has 3 nitrogen and oxygen atoms in total. The van der Waals surface area contributed by atoms with Crippen LogP contribution in [0.25, 0.3) is 0 Å². The van der Waals surface area contributed by atoms with Crippen LogP contribution < -0.4 is 5.32 Å². The van der Waals surface area contributed by atoms with E-state index in [4.69, 9.17) is 16.3 Å². The van der Waals surface area contributed by atoms with Crippen LogP contribution in [0.15, 0.2) is 12.3 Å². The van der Waals surface area contributed by atoms with Gasteiger partial charge in [-0.25, -0.2) is 0 Å². The van der Waals surface area contributed by atoms with Gasteiger partial charge in [-0.3, -0.25) is 4.98 Å². The minimum atomic E-state index is 0.468. The summed E-state index contributed by atoms with van der Waals surface area (Å²) in [5.74, 6) is 0. The van der Waals surface area contributed by atoms with E-state index >= 15 is 0 Å². The molecule has 22 heavy (non-hydrogen) atoms. The predicted molar refractivity (Wildman–Crippen MR) is 91.6 cm³/mol. The highest BCUT2D eigenvalue weighted by atomic mass is 35.5. The topological polar surface area (TPSA) is 34.2 Å². The van der Waals surface area contributed by atoms with Gasteiger partial charge in [0.25, 0.3) is 0 Å². The van der Waals surface area contributed by atoms with Crippen molar-refractivity contribution in [3.05, 3.63) is 23.0 Å². The summed E-state index contributed by atoms with van der Waals surface area (Å²) in [4.78, 5) is 4.22. The lowest BCUT2D eigenvalue weighted by molar-refractivity contribution is -0.0461. The summed E-state index contributed by atoms with van der Waals surface area (Å²) in [6, 6.07) is 2.48. The zero-order chi connectivity index (χ0) is 15.4. The van der Waals surface area contributed by atoms with Gasteiger partial charge < -0.3 is 10.1 Å². The van der Waals surface area contributed by atoms with Crippen molar-refractivity contribution in [2.45, 2.75) is 83.0 Å². The molecule has 1 N–H and O–H groups in total. The van der Waals surface area contributed by atoms with Crippen molar-refractivity contribution in [1.82, 2.24) is 4.98 Å². The van der Waals surface area contributed by atoms with Crippen molar-refractivity contribution in [3.63, 3.8) is 0 Å². The molecule has 0 aliphatic heterocycles. The van der Waals surface area contributed by atoms with Gasteiger partial charge in [-0.15, -0.1) is 0 Å². The fourth-order valence-electron chi connectivity index (χ4n) is 3.70. The molecule has 0 radical (unpaired) electrons. The van der Waals surface area contributed by atoms with Gasteiger partial charge in [0.05, 0.1) is 28.6 Å². The molecule has 2 saturated carbocycles. The van der Waals surface area contributed by atoms with Gasteiger partial charge in [-0.1, -0.05) is 30.9 Å². The van der Waals surface area contributed by atoms with Gasteiger partial charge in [-0.2, -0.15) is 0 Å². The third-order valence-electron chi connectivity index (χ3n) is 5.03. The maximum Gasteiger partial charge on any atom is 0.0849 e. The van der Waals surface area contributed by atoms with Crippen LogP contribution in [0.3, 0.4) is 0 Å². The Morgan fingerprint density at radius 2 is 1.73 bits per heavy atom. The van der Waals surface area contributed by atoms with E-state index in [-0.39, 0.29) is 0 Å². The van der Waals surface area contributed by atoms with Crippen LogP contribution in [-0.4, -0.2) is 23.2 Å². The number of hydrogen-bond donors (Lipinski definition) is 1. The van der Waals surface area contributed by atoms with E-state index in [1.54, 1.807) is 0 Å². The normalized spacial score (nSPS) is 26.8. The Morgan fingerprint density at radius 1 is 1.05 bits per heavy atom. The zero-order valence-electron chi connectivity index (χ0n) is 13.5. The fourth-order valence-corrected chi connectivity index (χ4v) is 3.86. The van der Waals surface area contributed by atoms with Crippen LogP contribution in [-0.2, 0) is 4.74 Å². The number of anilines is 1. The first-order valence-electron chi connectivity index (χ1n) is 8.75. The largest absolute Gasteiger partial charge is 0.381 e. The van der Waals surface area contributed by atoms with Crippen molar-refractivity contribution >= 4 is 17.3 Å². The molecule has 1 aromatic rings.